The van der Waals surface area contributed by atoms with Crippen LogP contribution in [-0.4, -0.2) is 42.5 Å². The summed E-state index contributed by atoms with van der Waals surface area (Å²) < 4.78 is 5.81. The van der Waals surface area contributed by atoms with E-state index in [1.165, 1.54) is 5.56 Å². The van der Waals surface area contributed by atoms with Gasteiger partial charge in [-0.1, -0.05) is 24.3 Å². The minimum Gasteiger partial charge on any atom is -0.371 e. The van der Waals surface area contributed by atoms with Crippen LogP contribution in [0.15, 0.2) is 24.3 Å². The third kappa shape index (κ3) is 2.29. The Hall–Kier alpha value is -1.88. The van der Waals surface area contributed by atoms with Gasteiger partial charge in [0.05, 0.1) is 19.7 Å². The molecule has 0 bridgehead atoms. The molecule has 5 nitrogen and oxygen atoms in total. The van der Waals surface area contributed by atoms with Gasteiger partial charge in [0.25, 0.3) is 0 Å². The lowest BCUT2D eigenvalue weighted by Crippen LogP contribution is -2.58. The van der Waals surface area contributed by atoms with Crippen molar-refractivity contribution >= 4 is 11.8 Å². The molecule has 1 aromatic rings. The first-order chi connectivity index (χ1) is 9.66. The molecular formula is C15H18N2O3. The van der Waals surface area contributed by atoms with Gasteiger partial charge in [0.15, 0.2) is 0 Å². The van der Waals surface area contributed by atoms with E-state index in [1.54, 1.807) is 11.8 Å². The van der Waals surface area contributed by atoms with Crippen molar-refractivity contribution in [3.05, 3.63) is 35.4 Å². The van der Waals surface area contributed by atoms with Gasteiger partial charge in [0.2, 0.25) is 11.8 Å². The van der Waals surface area contributed by atoms with E-state index in [2.05, 4.69) is 11.4 Å². The molecule has 0 saturated carbocycles. The van der Waals surface area contributed by atoms with Crippen LogP contribution >= 0.6 is 0 Å². The van der Waals surface area contributed by atoms with Crippen LogP contribution in [0.4, 0.5) is 0 Å². The highest BCUT2D eigenvalue weighted by atomic mass is 16.5. The number of nitrogens with one attached hydrogen (secondary N) is 1. The minimum atomic E-state index is -0.436. The molecule has 2 unspecified atom stereocenters. The monoisotopic (exact) mass is 274 g/mol. The SMILES string of the molecule is CC1C(=O)NCC(=O)N1CC1OCCc2ccccc21. The van der Waals surface area contributed by atoms with E-state index in [1.807, 2.05) is 18.2 Å². The van der Waals surface area contributed by atoms with Gasteiger partial charge >= 0.3 is 0 Å². The Labute approximate surface area is 117 Å². The fraction of sp³-hybridized carbons (Fsp3) is 0.467. The van der Waals surface area contributed by atoms with Gasteiger partial charge in [-0.05, 0) is 24.5 Å². The van der Waals surface area contributed by atoms with Crippen LogP contribution in [0.25, 0.3) is 0 Å². The molecule has 2 atom stereocenters. The average Bonchev–Trinajstić information content (AvgIpc) is 2.48. The van der Waals surface area contributed by atoms with Crippen molar-refractivity contribution in [3.8, 4) is 0 Å². The molecule has 0 spiro atoms. The van der Waals surface area contributed by atoms with Gasteiger partial charge in [-0.2, -0.15) is 0 Å². The first kappa shape index (κ1) is 13.1. The number of hydrogen-bond acceptors (Lipinski definition) is 3. The summed E-state index contributed by atoms with van der Waals surface area (Å²) in [7, 11) is 0. The van der Waals surface area contributed by atoms with Crippen LogP contribution in [0.1, 0.15) is 24.2 Å². The smallest absolute Gasteiger partial charge is 0.242 e. The van der Waals surface area contributed by atoms with E-state index in [0.29, 0.717) is 13.2 Å². The highest BCUT2D eigenvalue weighted by Gasteiger charge is 2.34. The minimum absolute atomic E-state index is 0.0521. The molecule has 1 fully saturated rings. The molecule has 1 saturated heterocycles. The Morgan fingerprint density at radius 2 is 2.15 bits per heavy atom. The van der Waals surface area contributed by atoms with E-state index in [9.17, 15) is 9.59 Å². The molecule has 0 radical (unpaired) electrons. The lowest BCUT2D eigenvalue weighted by molar-refractivity contribution is -0.147. The molecule has 2 amide bonds. The Balaban J connectivity index is 1.81. The van der Waals surface area contributed by atoms with Gasteiger partial charge in [0, 0.05) is 0 Å². The Morgan fingerprint density at radius 3 is 3.00 bits per heavy atom. The molecular weight excluding hydrogens is 256 g/mol. The molecule has 2 heterocycles. The van der Waals surface area contributed by atoms with Crippen molar-refractivity contribution in [2.45, 2.75) is 25.5 Å². The number of rotatable bonds is 2. The lowest BCUT2D eigenvalue weighted by atomic mass is 9.97. The fourth-order valence-electron chi connectivity index (χ4n) is 2.84. The van der Waals surface area contributed by atoms with Crippen molar-refractivity contribution in [2.75, 3.05) is 19.7 Å². The van der Waals surface area contributed by atoms with Gasteiger partial charge in [-0.15, -0.1) is 0 Å². The highest BCUT2D eigenvalue weighted by Crippen LogP contribution is 2.28. The summed E-state index contributed by atoms with van der Waals surface area (Å²) in [5.41, 5.74) is 2.40. The van der Waals surface area contributed by atoms with Gasteiger partial charge < -0.3 is 15.0 Å². The molecule has 0 aliphatic carbocycles. The molecule has 20 heavy (non-hydrogen) atoms. The van der Waals surface area contributed by atoms with E-state index in [-0.39, 0.29) is 24.5 Å². The average molecular weight is 274 g/mol. The molecule has 3 rings (SSSR count). The van der Waals surface area contributed by atoms with E-state index in [4.69, 9.17) is 4.74 Å². The van der Waals surface area contributed by atoms with Gasteiger partial charge in [0.1, 0.15) is 12.1 Å². The second-order valence-corrected chi connectivity index (χ2v) is 5.25. The Morgan fingerprint density at radius 1 is 1.35 bits per heavy atom. The zero-order chi connectivity index (χ0) is 14.1. The first-order valence-corrected chi connectivity index (χ1v) is 6.93. The molecule has 2 aliphatic heterocycles. The second-order valence-electron chi connectivity index (χ2n) is 5.25. The molecule has 1 N–H and O–H groups in total. The quantitative estimate of drug-likeness (QED) is 0.861. The number of benzene rings is 1. The normalized spacial score (nSPS) is 26.1. The summed E-state index contributed by atoms with van der Waals surface area (Å²) in [6.07, 6.45) is 0.758. The summed E-state index contributed by atoms with van der Waals surface area (Å²) in [6, 6.07) is 7.70. The maximum atomic E-state index is 12.0. The predicted molar refractivity (Wildman–Crippen MR) is 73.0 cm³/mol. The second kappa shape index (κ2) is 5.25. The van der Waals surface area contributed by atoms with Gasteiger partial charge in [-0.3, -0.25) is 9.59 Å². The van der Waals surface area contributed by atoms with Crippen molar-refractivity contribution in [2.24, 2.45) is 0 Å². The van der Waals surface area contributed by atoms with Crippen molar-refractivity contribution < 1.29 is 14.3 Å². The maximum Gasteiger partial charge on any atom is 0.242 e. The Kier molecular flexibility index (Phi) is 3.44. The summed E-state index contributed by atoms with van der Waals surface area (Å²) in [5.74, 6) is -0.155. The van der Waals surface area contributed by atoms with E-state index < -0.39 is 6.04 Å². The number of carbonyl (C=O) groups excluding carboxylic acids is 2. The first-order valence-electron chi connectivity index (χ1n) is 6.93. The van der Waals surface area contributed by atoms with Crippen molar-refractivity contribution in [1.29, 1.82) is 0 Å². The summed E-state index contributed by atoms with van der Waals surface area (Å²) in [5, 5.41) is 2.60. The van der Waals surface area contributed by atoms with Crippen molar-refractivity contribution in [1.82, 2.24) is 10.2 Å². The standard InChI is InChI=1S/C15H18N2O3/c1-10-15(19)16-8-14(18)17(10)9-13-12-5-3-2-4-11(12)6-7-20-13/h2-5,10,13H,6-9H2,1H3,(H,16,19). The lowest BCUT2D eigenvalue weighted by Gasteiger charge is -2.36. The fourth-order valence-corrected chi connectivity index (χ4v) is 2.84. The van der Waals surface area contributed by atoms with Crippen LogP contribution in [0.3, 0.4) is 0 Å². The van der Waals surface area contributed by atoms with Gasteiger partial charge in [-0.25, -0.2) is 0 Å². The maximum absolute atomic E-state index is 12.0. The number of hydrogen-bond donors (Lipinski definition) is 1. The van der Waals surface area contributed by atoms with Crippen LogP contribution in [-0.2, 0) is 20.7 Å². The number of fused-ring (bicyclic) bond motifs is 1. The number of ether oxygens (including phenoxy) is 1. The van der Waals surface area contributed by atoms with Crippen LogP contribution in [0.5, 0.6) is 0 Å². The molecule has 1 aromatic carbocycles. The Bertz CT molecular complexity index is 544. The summed E-state index contributed by atoms with van der Waals surface area (Å²) in [6.45, 7) is 2.92. The van der Waals surface area contributed by atoms with E-state index in [0.717, 1.165) is 12.0 Å². The zero-order valence-electron chi connectivity index (χ0n) is 11.5. The topological polar surface area (TPSA) is 58.6 Å². The summed E-state index contributed by atoms with van der Waals surface area (Å²) >= 11 is 0. The third-order valence-electron chi connectivity index (χ3n) is 4.04. The number of carbonyl (C=O) groups is 2. The number of piperazine rings is 1. The largest absolute Gasteiger partial charge is 0.371 e. The third-order valence-corrected chi connectivity index (χ3v) is 4.04. The molecule has 2 aliphatic rings. The van der Waals surface area contributed by atoms with E-state index >= 15 is 0 Å². The zero-order valence-corrected chi connectivity index (χ0v) is 11.5. The summed E-state index contributed by atoms with van der Waals surface area (Å²) in [4.78, 5) is 25.3. The van der Waals surface area contributed by atoms with Crippen LogP contribution < -0.4 is 5.32 Å². The molecule has 106 valence electrons. The highest BCUT2D eigenvalue weighted by molar-refractivity contribution is 5.94. The van der Waals surface area contributed by atoms with Crippen LogP contribution in [0, 0.1) is 0 Å². The number of amides is 2. The van der Waals surface area contributed by atoms with Crippen molar-refractivity contribution in [3.63, 3.8) is 0 Å². The number of nitrogens with zero attached hydrogens (tertiary/aromatic N) is 1. The molecule has 5 heteroatoms. The molecule has 0 aromatic heterocycles. The van der Waals surface area contributed by atoms with Crippen LogP contribution in [0.2, 0.25) is 0 Å². The predicted octanol–water partition coefficient (Wildman–Crippen LogP) is 0.647.